The van der Waals surface area contributed by atoms with Crippen molar-refractivity contribution in [2.75, 3.05) is 0 Å². The van der Waals surface area contributed by atoms with Gasteiger partial charge in [-0.1, -0.05) is 11.6 Å². The van der Waals surface area contributed by atoms with E-state index < -0.39 is 0 Å². The van der Waals surface area contributed by atoms with E-state index in [0.29, 0.717) is 16.8 Å². The Morgan fingerprint density at radius 2 is 2.38 bits per heavy atom. The molecule has 0 unspecified atom stereocenters. The second-order valence-corrected chi connectivity index (χ2v) is 3.79. The zero-order chi connectivity index (χ0) is 9.42. The summed E-state index contributed by atoms with van der Waals surface area (Å²) in [5.74, 6) is -0.0180. The molecule has 0 aliphatic heterocycles. The van der Waals surface area contributed by atoms with Crippen molar-refractivity contribution in [1.82, 2.24) is 9.78 Å². The van der Waals surface area contributed by atoms with Crippen molar-refractivity contribution in [3.8, 4) is 0 Å². The van der Waals surface area contributed by atoms with Crippen LogP contribution in [0.1, 0.15) is 42.6 Å². The highest BCUT2D eigenvalue weighted by Crippen LogP contribution is 2.34. The Labute approximate surface area is 81.7 Å². The maximum Gasteiger partial charge on any atom is 0.164 e. The molecular weight excluding hydrogens is 188 g/mol. The summed E-state index contributed by atoms with van der Waals surface area (Å²) in [5.41, 5.74) is 0.536. The van der Waals surface area contributed by atoms with Gasteiger partial charge in [-0.15, -0.1) is 0 Å². The number of carbonyl (C=O) groups excluding carboxylic acids is 1. The summed E-state index contributed by atoms with van der Waals surface area (Å²) in [6, 6.07) is 0.417. The van der Waals surface area contributed by atoms with Crippen molar-refractivity contribution in [3.63, 3.8) is 0 Å². The summed E-state index contributed by atoms with van der Waals surface area (Å²) in [5, 5.41) is 4.62. The number of hydrogen-bond acceptors (Lipinski definition) is 2. The minimum absolute atomic E-state index is 0.0180. The first-order valence-corrected chi connectivity index (χ1v) is 4.82. The summed E-state index contributed by atoms with van der Waals surface area (Å²) in [6.45, 7) is 1.51. The number of aromatic nitrogens is 2. The Kier molecular flexibility index (Phi) is 2.12. The first-order valence-electron chi connectivity index (χ1n) is 4.44. The zero-order valence-electron chi connectivity index (χ0n) is 7.46. The van der Waals surface area contributed by atoms with E-state index in [2.05, 4.69) is 5.10 Å². The van der Waals surface area contributed by atoms with Crippen LogP contribution in [0.5, 0.6) is 0 Å². The molecule has 0 amide bonds. The fourth-order valence-corrected chi connectivity index (χ4v) is 1.83. The van der Waals surface area contributed by atoms with Crippen LogP contribution in [0.15, 0.2) is 6.20 Å². The van der Waals surface area contributed by atoms with Gasteiger partial charge >= 0.3 is 0 Å². The number of carbonyl (C=O) groups is 1. The topological polar surface area (TPSA) is 34.9 Å². The van der Waals surface area contributed by atoms with Gasteiger partial charge in [-0.05, 0) is 26.2 Å². The average molecular weight is 199 g/mol. The molecule has 70 valence electrons. The molecule has 0 radical (unpaired) electrons. The molecule has 1 aliphatic rings. The molecule has 1 heterocycles. The van der Waals surface area contributed by atoms with Gasteiger partial charge in [0.25, 0.3) is 0 Å². The number of Topliss-reactive ketones (excluding diaryl/α,β-unsaturated/α-hetero) is 1. The molecule has 0 saturated heterocycles. The van der Waals surface area contributed by atoms with Crippen LogP contribution in [0.3, 0.4) is 0 Å². The van der Waals surface area contributed by atoms with E-state index in [1.54, 1.807) is 10.9 Å². The van der Waals surface area contributed by atoms with E-state index in [1.165, 1.54) is 13.3 Å². The summed E-state index contributed by atoms with van der Waals surface area (Å²) in [4.78, 5) is 11.1. The van der Waals surface area contributed by atoms with E-state index in [9.17, 15) is 4.79 Å². The van der Waals surface area contributed by atoms with Crippen molar-refractivity contribution in [3.05, 3.63) is 16.9 Å². The molecule has 1 aromatic heterocycles. The van der Waals surface area contributed by atoms with Gasteiger partial charge in [0, 0.05) is 0 Å². The SMILES string of the molecule is CC(=O)c1cnn(C2CCC2)c1Cl. The molecule has 1 fully saturated rings. The number of halogens is 1. The zero-order valence-corrected chi connectivity index (χ0v) is 8.21. The number of ketones is 1. The fraction of sp³-hybridized carbons (Fsp3) is 0.556. The minimum Gasteiger partial charge on any atom is -0.294 e. The molecule has 1 saturated carbocycles. The Balaban J connectivity index is 2.32. The number of nitrogens with zero attached hydrogens (tertiary/aromatic N) is 2. The van der Waals surface area contributed by atoms with Gasteiger partial charge in [0.1, 0.15) is 5.15 Å². The van der Waals surface area contributed by atoms with E-state index in [-0.39, 0.29) is 5.78 Å². The largest absolute Gasteiger partial charge is 0.294 e. The Morgan fingerprint density at radius 1 is 1.69 bits per heavy atom. The summed E-state index contributed by atoms with van der Waals surface area (Å²) in [6.07, 6.45) is 5.04. The van der Waals surface area contributed by atoms with Crippen LogP contribution in [-0.4, -0.2) is 15.6 Å². The Morgan fingerprint density at radius 3 is 2.77 bits per heavy atom. The number of rotatable bonds is 2. The normalized spacial score (nSPS) is 17.1. The molecular formula is C9H11ClN2O. The van der Waals surface area contributed by atoms with Crippen molar-refractivity contribution >= 4 is 17.4 Å². The van der Waals surface area contributed by atoms with Gasteiger partial charge in [0.2, 0.25) is 0 Å². The van der Waals surface area contributed by atoms with Crippen LogP contribution in [0, 0.1) is 0 Å². The molecule has 1 aliphatic carbocycles. The van der Waals surface area contributed by atoms with E-state index in [1.807, 2.05) is 0 Å². The van der Waals surface area contributed by atoms with Crippen LogP contribution in [0.4, 0.5) is 0 Å². The predicted molar refractivity (Wildman–Crippen MR) is 50.1 cm³/mol. The minimum atomic E-state index is -0.0180. The van der Waals surface area contributed by atoms with Crippen molar-refractivity contribution in [2.45, 2.75) is 32.2 Å². The predicted octanol–water partition coefficient (Wildman–Crippen LogP) is 2.46. The van der Waals surface area contributed by atoms with E-state index in [4.69, 9.17) is 11.6 Å². The maximum atomic E-state index is 11.1. The summed E-state index contributed by atoms with van der Waals surface area (Å²) in [7, 11) is 0. The molecule has 4 heteroatoms. The molecule has 0 N–H and O–H groups in total. The van der Waals surface area contributed by atoms with Gasteiger partial charge in [0.05, 0.1) is 17.8 Å². The van der Waals surface area contributed by atoms with E-state index in [0.717, 1.165) is 12.8 Å². The second-order valence-electron chi connectivity index (χ2n) is 3.43. The molecule has 0 aromatic carbocycles. The number of hydrogen-bond donors (Lipinski definition) is 0. The lowest BCUT2D eigenvalue weighted by Gasteiger charge is -2.26. The van der Waals surface area contributed by atoms with E-state index >= 15 is 0 Å². The molecule has 2 rings (SSSR count). The smallest absolute Gasteiger partial charge is 0.164 e. The van der Waals surface area contributed by atoms with Crippen molar-refractivity contribution in [2.24, 2.45) is 0 Å². The first kappa shape index (κ1) is 8.75. The monoisotopic (exact) mass is 198 g/mol. The van der Waals surface area contributed by atoms with Crippen LogP contribution in [-0.2, 0) is 0 Å². The van der Waals surface area contributed by atoms with Gasteiger partial charge < -0.3 is 0 Å². The highest BCUT2D eigenvalue weighted by Gasteiger charge is 2.24. The molecule has 0 bridgehead atoms. The van der Waals surface area contributed by atoms with Crippen LogP contribution >= 0.6 is 11.6 Å². The molecule has 1 aromatic rings. The van der Waals surface area contributed by atoms with Crippen molar-refractivity contribution < 1.29 is 4.79 Å². The average Bonchev–Trinajstić information content (AvgIpc) is 2.29. The molecule has 3 nitrogen and oxygen atoms in total. The maximum absolute atomic E-state index is 11.1. The lowest BCUT2D eigenvalue weighted by molar-refractivity contribution is 0.101. The third-order valence-corrected chi connectivity index (χ3v) is 2.91. The fourth-order valence-electron chi connectivity index (χ4n) is 1.47. The Bertz CT molecular complexity index is 341. The lowest BCUT2D eigenvalue weighted by Crippen LogP contribution is -2.18. The third-order valence-electron chi connectivity index (χ3n) is 2.53. The van der Waals surface area contributed by atoms with Crippen LogP contribution in [0.25, 0.3) is 0 Å². The molecule has 13 heavy (non-hydrogen) atoms. The van der Waals surface area contributed by atoms with Gasteiger partial charge in [-0.25, -0.2) is 0 Å². The Hall–Kier alpha value is -0.830. The van der Waals surface area contributed by atoms with Crippen LogP contribution < -0.4 is 0 Å². The lowest BCUT2D eigenvalue weighted by atomic mass is 9.93. The van der Waals surface area contributed by atoms with Crippen LogP contribution in [0.2, 0.25) is 5.15 Å². The van der Waals surface area contributed by atoms with Gasteiger partial charge in [-0.3, -0.25) is 9.48 Å². The highest BCUT2D eigenvalue weighted by molar-refractivity contribution is 6.32. The standard InChI is InChI=1S/C9H11ClN2O/c1-6(13)8-5-11-12(9(8)10)7-3-2-4-7/h5,7H,2-4H2,1H3. The summed E-state index contributed by atoms with van der Waals surface area (Å²) >= 11 is 6.01. The second kappa shape index (κ2) is 3.14. The molecule has 0 atom stereocenters. The highest BCUT2D eigenvalue weighted by atomic mass is 35.5. The van der Waals surface area contributed by atoms with Gasteiger partial charge in [-0.2, -0.15) is 5.10 Å². The molecule has 0 spiro atoms. The van der Waals surface area contributed by atoms with Gasteiger partial charge in [0.15, 0.2) is 5.78 Å². The quantitative estimate of drug-likeness (QED) is 0.685. The summed E-state index contributed by atoms with van der Waals surface area (Å²) < 4.78 is 1.77. The third kappa shape index (κ3) is 1.37. The first-order chi connectivity index (χ1) is 6.20. The van der Waals surface area contributed by atoms with Crippen molar-refractivity contribution in [1.29, 1.82) is 0 Å².